The van der Waals surface area contributed by atoms with E-state index in [1.54, 1.807) is 25.3 Å². The molecule has 0 amide bonds. The second kappa shape index (κ2) is 8.43. The largest absolute Gasteiger partial charge is 0.497 e. The van der Waals surface area contributed by atoms with Crippen molar-refractivity contribution in [3.05, 3.63) is 76.5 Å². The number of aromatic nitrogens is 4. The quantitative estimate of drug-likeness (QED) is 0.520. The topological polar surface area (TPSA) is 78.8 Å². The van der Waals surface area contributed by atoms with Crippen molar-refractivity contribution in [2.24, 2.45) is 0 Å². The lowest BCUT2D eigenvalue weighted by Crippen LogP contribution is -2.46. The van der Waals surface area contributed by atoms with Crippen LogP contribution >= 0.6 is 0 Å². The Hall–Kier alpha value is -3.72. The zero-order chi connectivity index (χ0) is 22.1. The van der Waals surface area contributed by atoms with Gasteiger partial charge < -0.3 is 9.64 Å². The molecule has 2 aromatic heterocycles. The molecule has 5 rings (SSSR count). The first kappa shape index (κ1) is 20.2. The highest BCUT2D eigenvalue weighted by molar-refractivity contribution is 5.58. The van der Waals surface area contributed by atoms with Gasteiger partial charge in [0.05, 0.1) is 12.8 Å². The van der Waals surface area contributed by atoms with E-state index in [9.17, 15) is 9.18 Å². The molecule has 1 fully saturated rings. The molecule has 32 heavy (non-hydrogen) atoms. The van der Waals surface area contributed by atoms with Gasteiger partial charge in [0.2, 0.25) is 0 Å². The number of benzene rings is 2. The van der Waals surface area contributed by atoms with E-state index in [1.165, 1.54) is 16.6 Å². The van der Waals surface area contributed by atoms with Crippen LogP contribution in [0.5, 0.6) is 5.75 Å². The third kappa shape index (κ3) is 4.06. The second-order valence-corrected chi connectivity index (χ2v) is 7.76. The molecule has 3 heterocycles. The van der Waals surface area contributed by atoms with Gasteiger partial charge in [-0.2, -0.15) is 9.50 Å². The van der Waals surface area contributed by atoms with Crippen LogP contribution in [0.4, 0.5) is 10.1 Å². The number of anilines is 1. The lowest BCUT2D eigenvalue weighted by Gasteiger charge is -2.35. The summed E-state index contributed by atoms with van der Waals surface area (Å²) in [6, 6.07) is 15.6. The van der Waals surface area contributed by atoms with Crippen molar-refractivity contribution >= 4 is 11.5 Å². The molecule has 0 bridgehead atoms. The summed E-state index contributed by atoms with van der Waals surface area (Å²) in [7, 11) is 1.61. The van der Waals surface area contributed by atoms with E-state index >= 15 is 0 Å². The SMILES string of the molecule is COc1ccc(-c2nc3nc(CN4CCN(c5ccc(F)cc5)CC4)cc(=O)n3[nH]2)cc1. The molecule has 164 valence electrons. The monoisotopic (exact) mass is 434 g/mol. The van der Waals surface area contributed by atoms with Crippen LogP contribution in [0.3, 0.4) is 0 Å². The first-order valence-corrected chi connectivity index (χ1v) is 10.4. The highest BCUT2D eigenvalue weighted by Crippen LogP contribution is 2.20. The van der Waals surface area contributed by atoms with Gasteiger partial charge in [0.15, 0.2) is 5.82 Å². The highest BCUT2D eigenvalue weighted by atomic mass is 19.1. The number of H-pyrrole nitrogens is 1. The summed E-state index contributed by atoms with van der Waals surface area (Å²) in [4.78, 5) is 26.2. The van der Waals surface area contributed by atoms with E-state index in [0.717, 1.165) is 43.2 Å². The van der Waals surface area contributed by atoms with Gasteiger partial charge in [-0.15, -0.1) is 0 Å². The lowest BCUT2D eigenvalue weighted by molar-refractivity contribution is 0.247. The van der Waals surface area contributed by atoms with Crippen LogP contribution in [0.2, 0.25) is 0 Å². The van der Waals surface area contributed by atoms with E-state index in [1.807, 2.05) is 24.3 Å². The number of nitrogens with one attached hydrogen (secondary N) is 1. The predicted molar refractivity (Wildman–Crippen MR) is 119 cm³/mol. The molecule has 2 aromatic carbocycles. The Balaban J connectivity index is 1.29. The third-order valence-electron chi connectivity index (χ3n) is 5.70. The van der Waals surface area contributed by atoms with Gasteiger partial charge in [0.1, 0.15) is 11.6 Å². The van der Waals surface area contributed by atoms with Gasteiger partial charge in [0, 0.05) is 50.0 Å². The number of hydrogen-bond donors (Lipinski definition) is 1. The Morgan fingerprint density at radius 3 is 2.41 bits per heavy atom. The molecule has 1 saturated heterocycles. The molecule has 0 aliphatic carbocycles. The van der Waals surface area contributed by atoms with E-state index < -0.39 is 0 Å². The molecule has 4 aromatic rings. The van der Waals surface area contributed by atoms with Gasteiger partial charge >= 0.3 is 0 Å². The maximum Gasteiger partial charge on any atom is 0.274 e. The zero-order valence-electron chi connectivity index (χ0n) is 17.7. The Labute approximate surface area is 183 Å². The van der Waals surface area contributed by atoms with Gasteiger partial charge in [-0.05, 0) is 48.5 Å². The number of nitrogens with zero attached hydrogens (tertiary/aromatic N) is 5. The molecule has 1 aliphatic heterocycles. The summed E-state index contributed by atoms with van der Waals surface area (Å²) in [6.07, 6.45) is 0. The summed E-state index contributed by atoms with van der Waals surface area (Å²) in [6.45, 7) is 3.90. The molecular weight excluding hydrogens is 411 g/mol. The first-order valence-electron chi connectivity index (χ1n) is 10.4. The fourth-order valence-corrected chi connectivity index (χ4v) is 3.93. The summed E-state index contributed by atoms with van der Waals surface area (Å²) in [5, 5.41) is 3.02. The minimum Gasteiger partial charge on any atom is -0.497 e. The smallest absolute Gasteiger partial charge is 0.274 e. The Morgan fingerprint density at radius 2 is 1.72 bits per heavy atom. The van der Waals surface area contributed by atoms with E-state index in [0.29, 0.717) is 23.8 Å². The Morgan fingerprint density at radius 1 is 1.00 bits per heavy atom. The van der Waals surface area contributed by atoms with Crippen LogP contribution in [0, 0.1) is 5.82 Å². The normalized spacial score (nSPS) is 14.8. The number of hydrogen-bond acceptors (Lipinski definition) is 6. The fourth-order valence-electron chi connectivity index (χ4n) is 3.93. The third-order valence-corrected chi connectivity index (χ3v) is 5.70. The maximum atomic E-state index is 13.2. The van der Waals surface area contributed by atoms with Crippen LogP contribution in [0.25, 0.3) is 17.2 Å². The number of methoxy groups -OCH3 is 1. The number of aromatic amines is 1. The molecule has 9 heteroatoms. The number of piperazine rings is 1. The molecule has 0 unspecified atom stereocenters. The summed E-state index contributed by atoms with van der Waals surface area (Å²) < 4.78 is 19.7. The molecular formula is C23H23FN6O2. The van der Waals surface area contributed by atoms with Crippen molar-refractivity contribution in [3.8, 4) is 17.1 Å². The lowest BCUT2D eigenvalue weighted by atomic mass is 10.2. The number of rotatable bonds is 5. The second-order valence-electron chi connectivity index (χ2n) is 7.76. The molecule has 1 aliphatic rings. The average Bonchev–Trinajstić information content (AvgIpc) is 3.25. The minimum atomic E-state index is -0.228. The molecule has 1 N–H and O–H groups in total. The minimum absolute atomic E-state index is 0.192. The van der Waals surface area contributed by atoms with E-state index in [-0.39, 0.29) is 11.4 Å². The number of fused-ring (bicyclic) bond motifs is 1. The molecule has 0 radical (unpaired) electrons. The maximum absolute atomic E-state index is 13.2. The van der Waals surface area contributed by atoms with Crippen molar-refractivity contribution in [3.63, 3.8) is 0 Å². The molecule has 0 atom stereocenters. The van der Waals surface area contributed by atoms with Gasteiger partial charge in [-0.25, -0.2) is 9.37 Å². The fraction of sp³-hybridized carbons (Fsp3) is 0.261. The van der Waals surface area contributed by atoms with Crippen LogP contribution in [0.15, 0.2) is 59.4 Å². The summed E-state index contributed by atoms with van der Waals surface area (Å²) in [5.74, 6) is 1.45. The summed E-state index contributed by atoms with van der Waals surface area (Å²) in [5.41, 5.74) is 2.36. The standard InChI is InChI=1S/C23H23FN6O2/c1-32-20-8-2-16(3-9-20)22-26-23-25-18(14-21(31)30(23)27-22)15-28-10-12-29(13-11-28)19-6-4-17(24)5-7-19/h2-9,14H,10-13,15H2,1H3,(H,25,26,27). The van der Waals surface area contributed by atoms with Crippen LogP contribution in [0.1, 0.15) is 5.69 Å². The van der Waals surface area contributed by atoms with Gasteiger partial charge in [-0.3, -0.25) is 14.8 Å². The van der Waals surface area contributed by atoms with Gasteiger partial charge in [-0.1, -0.05) is 0 Å². The predicted octanol–water partition coefficient (Wildman–Crippen LogP) is 2.55. The molecule has 0 spiro atoms. The van der Waals surface area contributed by atoms with Crippen molar-refractivity contribution in [2.45, 2.75) is 6.54 Å². The highest BCUT2D eigenvalue weighted by Gasteiger charge is 2.19. The molecule has 0 saturated carbocycles. The Bertz CT molecular complexity index is 1270. The van der Waals surface area contributed by atoms with Crippen molar-refractivity contribution < 1.29 is 9.13 Å². The summed E-state index contributed by atoms with van der Waals surface area (Å²) >= 11 is 0. The number of halogens is 1. The van der Waals surface area contributed by atoms with Crippen LogP contribution in [-0.4, -0.2) is 57.8 Å². The zero-order valence-corrected chi connectivity index (χ0v) is 17.7. The van der Waals surface area contributed by atoms with E-state index in [4.69, 9.17) is 4.74 Å². The van der Waals surface area contributed by atoms with Crippen molar-refractivity contribution in [1.82, 2.24) is 24.5 Å². The van der Waals surface area contributed by atoms with E-state index in [2.05, 4.69) is 24.9 Å². The van der Waals surface area contributed by atoms with Crippen LogP contribution < -0.4 is 15.2 Å². The Kier molecular flexibility index (Phi) is 5.32. The van der Waals surface area contributed by atoms with Crippen LogP contribution in [-0.2, 0) is 6.54 Å². The number of ether oxygens (including phenoxy) is 1. The van der Waals surface area contributed by atoms with Crippen molar-refractivity contribution in [1.29, 1.82) is 0 Å². The van der Waals surface area contributed by atoms with Gasteiger partial charge in [0.25, 0.3) is 11.3 Å². The van der Waals surface area contributed by atoms with Crippen molar-refractivity contribution in [2.75, 3.05) is 38.2 Å². The average molecular weight is 434 g/mol. The first-order chi connectivity index (χ1) is 15.6. The molecule has 8 nitrogen and oxygen atoms in total.